The van der Waals surface area contributed by atoms with Gasteiger partial charge in [-0.25, -0.2) is 0 Å². The summed E-state index contributed by atoms with van der Waals surface area (Å²) in [5.41, 5.74) is 7.14. The zero-order chi connectivity index (χ0) is 12.5. The molecular formula is C14H18N2O2. The monoisotopic (exact) mass is 246 g/mol. The van der Waals surface area contributed by atoms with Gasteiger partial charge in [0, 0.05) is 25.4 Å². The highest BCUT2D eigenvalue weighted by Crippen LogP contribution is 2.28. The molecule has 0 bridgehead atoms. The van der Waals surface area contributed by atoms with Crippen molar-refractivity contribution in [2.24, 2.45) is 5.73 Å². The Morgan fingerprint density at radius 2 is 2.22 bits per heavy atom. The second-order valence-electron chi connectivity index (χ2n) is 5.15. The Kier molecular flexibility index (Phi) is 2.96. The van der Waals surface area contributed by atoms with E-state index in [1.54, 1.807) is 0 Å². The predicted molar refractivity (Wildman–Crippen MR) is 68.4 cm³/mol. The van der Waals surface area contributed by atoms with Crippen LogP contribution in [0.3, 0.4) is 0 Å². The molecule has 1 amide bonds. The lowest BCUT2D eigenvalue weighted by Gasteiger charge is -2.32. The van der Waals surface area contributed by atoms with Crippen LogP contribution < -0.4 is 10.5 Å². The van der Waals surface area contributed by atoms with Gasteiger partial charge in [0.2, 0.25) is 5.91 Å². The first-order valence-corrected chi connectivity index (χ1v) is 6.50. The Balaban J connectivity index is 1.63. The average molecular weight is 246 g/mol. The molecule has 2 aliphatic heterocycles. The van der Waals surface area contributed by atoms with Crippen molar-refractivity contribution in [3.63, 3.8) is 0 Å². The van der Waals surface area contributed by atoms with E-state index in [0.29, 0.717) is 19.5 Å². The summed E-state index contributed by atoms with van der Waals surface area (Å²) in [4.78, 5) is 13.7. The van der Waals surface area contributed by atoms with Crippen molar-refractivity contribution in [1.82, 2.24) is 4.90 Å². The third kappa shape index (κ3) is 2.20. The number of benzene rings is 1. The van der Waals surface area contributed by atoms with Gasteiger partial charge >= 0.3 is 0 Å². The molecule has 1 saturated heterocycles. The van der Waals surface area contributed by atoms with Crippen LogP contribution in [0.1, 0.15) is 18.4 Å². The van der Waals surface area contributed by atoms with Crippen LogP contribution in [0.15, 0.2) is 24.3 Å². The molecule has 96 valence electrons. The highest BCUT2D eigenvalue weighted by atomic mass is 16.5. The van der Waals surface area contributed by atoms with Crippen LogP contribution in [-0.4, -0.2) is 36.0 Å². The van der Waals surface area contributed by atoms with Crippen molar-refractivity contribution in [3.05, 3.63) is 29.8 Å². The van der Waals surface area contributed by atoms with E-state index in [0.717, 1.165) is 18.6 Å². The van der Waals surface area contributed by atoms with Gasteiger partial charge in [0.05, 0.1) is 6.54 Å². The summed E-state index contributed by atoms with van der Waals surface area (Å²) in [6.45, 7) is 1.32. The highest BCUT2D eigenvalue weighted by Gasteiger charge is 2.29. The van der Waals surface area contributed by atoms with Crippen LogP contribution in [0.4, 0.5) is 0 Å². The number of ether oxygens (including phenoxy) is 1. The first-order chi connectivity index (χ1) is 8.72. The number of fused-ring (bicyclic) bond motifs is 1. The lowest BCUT2D eigenvalue weighted by molar-refractivity contribution is -0.134. The van der Waals surface area contributed by atoms with E-state index < -0.39 is 0 Å². The molecule has 0 spiro atoms. The molecule has 18 heavy (non-hydrogen) atoms. The van der Waals surface area contributed by atoms with Crippen molar-refractivity contribution >= 4 is 5.91 Å². The molecule has 1 fully saturated rings. The predicted octanol–water partition coefficient (Wildman–Crippen LogP) is 0.940. The van der Waals surface area contributed by atoms with Gasteiger partial charge < -0.3 is 15.4 Å². The van der Waals surface area contributed by atoms with E-state index in [4.69, 9.17) is 10.5 Å². The SMILES string of the molecule is NC1CCC(=O)N(CC2Cc3ccccc3O2)C1. The number of carbonyl (C=O) groups excluding carboxylic acids is 1. The molecule has 2 unspecified atom stereocenters. The van der Waals surface area contributed by atoms with Gasteiger partial charge in [0.1, 0.15) is 11.9 Å². The Morgan fingerprint density at radius 1 is 1.39 bits per heavy atom. The zero-order valence-corrected chi connectivity index (χ0v) is 10.3. The minimum Gasteiger partial charge on any atom is -0.488 e. The topological polar surface area (TPSA) is 55.6 Å². The molecule has 2 aliphatic rings. The fourth-order valence-electron chi connectivity index (χ4n) is 2.72. The maximum Gasteiger partial charge on any atom is 0.222 e. The van der Waals surface area contributed by atoms with Crippen molar-refractivity contribution < 1.29 is 9.53 Å². The lowest BCUT2D eigenvalue weighted by Crippen LogP contribution is -2.49. The van der Waals surface area contributed by atoms with Gasteiger partial charge in [-0.2, -0.15) is 0 Å². The van der Waals surface area contributed by atoms with Gasteiger partial charge in [-0.3, -0.25) is 4.79 Å². The smallest absolute Gasteiger partial charge is 0.222 e. The maximum absolute atomic E-state index is 11.8. The highest BCUT2D eigenvalue weighted by molar-refractivity contribution is 5.77. The number of piperidine rings is 1. The molecule has 2 atom stereocenters. The summed E-state index contributed by atoms with van der Waals surface area (Å²) in [7, 11) is 0. The number of carbonyl (C=O) groups is 1. The quantitative estimate of drug-likeness (QED) is 0.845. The second-order valence-corrected chi connectivity index (χ2v) is 5.15. The van der Waals surface area contributed by atoms with Crippen LogP contribution in [0.5, 0.6) is 5.75 Å². The number of nitrogens with two attached hydrogens (primary N) is 1. The summed E-state index contributed by atoms with van der Waals surface area (Å²) in [6.07, 6.45) is 2.34. The molecule has 1 aromatic rings. The number of rotatable bonds is 2. The fraction of sp³-hybridized carbons (Fsp3) is 0.500. The number of amides is 1. The summed E-state index contributed by atoms with van der Waals surface area (Å²) < 4.78 is 5.86. The summed E-state index contributed by atoms with van der Waals surface area (Å²) in [5, 5.41) is 0. The Morgan fingerprint density at radius 3 is 3.06 bits per heavy atom. The summed E-state index contributed by atoms with van der Waals surface area (Å²) in [6, 6.07) is 8.18. The average Bonchev–Trinajstić information content (AvgIpc) is 2.76. The number of hydrogen-bond donors (Lipinski definition) is 1. The maximum atomic E-state index is 11.8. The minimum absolute atomic E-state index is 0.0802. The van der Waals surface area contributed by atoms with Gasteiger partial charge in [0.15, 0.2) is 0 Å². The zero-order valence-electron chi connectivity index (χ0n) is 10.3. The molecule has 0 saturated carbocycles. The second kappa shape index (κ2) is 4.61. The van der Waals surface area contributed by atoms with E-state index in [1.807, 2.05) is 23.1 Å². The fourth-order valence-corrected chi connectivity index (χ4v) is 2.72. The lowest BCUT2D eigenvalue weighted by atomic mass is 10.0. The minimum atomic E-state index is 0.0802. The van der Waals surface area contributed by atoms with Crippen LogP contribution in [0.25, 0.3) is 0 Å². The summed E-state index contributed by atoms with van der Waals surface area (Å²) in [5.74, 6) is 1.16. The first-order valence-electron chi connectivity index (χ1n) is 6.50. The standard InChI is InChI=1S/C14H18N2O2/c15-11-5-6-14(17)16(8-11)9-12-7-10-3-1-2-4-13(10)18-12/h1-4,11-12H,5-9,15H2. The molecule has 3 rings (SSSR count). The normalized spacial score (nSPS) is 26.9. The van der Waals surface area contributed by atoms with Crippen molar-refractivity contribution in [2.45, 2.75) is 31.4 Å². The van der Waals surface area contributed by atoms with E-state index in [2.05, 4.69) is 6.07 Å². The molecular weight excluding hydrogens is 228 g/mol. The van der Waals surface area contributed by atoms with Gasteiger partial charge in [0.25, 0.3) is 0 Å². The van der Waals surface area contributed by atoms with Gasteiger partial charge in [-0.15, -0.1) is 0 Å². The number of hydrogen-bond acceptors (Lipinski definition) is 3. The van der Waals surface area contributed by atoms with Crippen molar-refractivity contribution in [2.75, 3.05) is 13.1 Å². The summed E-state index contributed by atoms with van der Waals surface area (Å²) >= 11 is 0. The van der Waals surface area contributed by atoms with Gasteiger partial charge in [-0.1, -0.05) is 18.2 Å². The van der Waals surface area contributed by atoms with Crippen molar-refractivity contribution in [1.29, 1.82) is 0 Å². The van der Waals surface area contributed by atoms with E-state index in [9.17, 15) is 4.79 Å². The van der Waals surface area contributed by atoms with Crippen molar-refractivity contribution in [3.8, 4) is 5.75 Å². The van der Waals surface area contributed by atoms with E-state index >= 15 is 0 Å². The van der Waals surface area contributed by atoms with Gasteiger partial charge in [-0.05, 0) is 18.1 Å². The Labute approximate surface area is 107 Å². The first kappa shape index (κ1) is 11.5. The third-order valence-corrected chi connectivity index (χ3v) is 3.67. The van der Waals surface area contributed by atoms with E-state index in [1.165, 1.54) is 5.56 Å². The number of nitrogens with zero attached hydrogens (tertiary/aromatic N) is 1. The Hall–Kier alpha value is -1.55. The molecule has 2 N–H and O–H groups in total. The molecule has 1 aromatic carbocycles. The van der Waals surface area contributed by atoms with Crippen LogP contribution >= 0.6 is 0 Å². The Bertz CT molecular complexity index is 436. The molecule has 4 nitrogen and oxygen atoms in total. The largest absolute Gasteiger partial charge is 0.488 e. The number of para-hydroxylation sites is 1. The van der Waals surface area contributed by atoms with Crippen LogP contribution in [-0.2, 0) is 11.2 Å². The van der Waals surface area contributed by atoms with E-state index in [-0.39, 0.29) is 18.1 Å². The van der Waals surface area contributed by atoms with Crippen LogP contribution in [0, 0.1) is 0 Å². The third-order valence-electron chi connectivity index (χ3n) is 3.67. The molecule has 4 heteroatoms. The molecule has 2 heterocycles. The number of likely N-dealkylation sites (tertiary alicyclic amines) is 1. The molecule has 0 radical (unpaired) electrons. The molecule has 0 aromatic heterocycles. The van der Waals surface area contributed by atoms with Crippen LogP contribution in [0.2, 0.25) is 0 Å². The molecule has 0 aliphatic carbocycles.